The molecule has 1 N–H and O–H groups in total. The zero-order valence-electron chi connectivity index (χ0n) is 13.0. The summed E-state index contributed by atoms with van der Waals surface area (Å²) in [6, 6.07) is 0. The largest absolute Gasteiger partial charge is 0.482 e. The van der Waals surface area contributed by atoms with Gasteiger partial charge in [-0.05, 0) is 31.2 Å². The molecule has 0 saturated heterocycles. The number of aryl methyl sites for hydroxylation is 2. The number of H-pyrrole nitrogens is 1. The highest BCUT2D eigenvalue weighted by Gasteiger charge is 2.03. The van der Waals surface area contributed by atoms with Crippen molar-refractivity contribution >= 4 is 6.40 Å². The van der Waals surface area contributed by atoms with E-state index in [1.54, 1.807) is 0 Å². The van der Waals surface area contributed by atoms with Gasteiger partial charge in [-0.3, -0.25) is 10.1 Å². The minimum absolute atomic E-state index is 0.778. The van der Waals surface area contributed by atoms with E-state index in [4.69, 9.17) is 0 Å². The lowest BCUT2D eigenvalue weighted by Gasteiger charge is -2.02. The second-order valence-corrected chi connectivity index (χ2v) is 5.17. The minimum Gasteiger partial charge on any atom is -0.482 e. The first-order valence-corrected chi connectivity index (χ1v) is 7.99. The molecule has 0 aliphatic carbocycles. The molecule has 4 nitrogen and oxygen atoms in total. The normalized spacial score (nSPS) is 12.9. The molecule has 0 atom stereocenters. The predicted octanol–water partition coefficient (Wildman–Crippen LogP) is 3.92. The van der Waals surface area contributed by atoms with E-state index in [-0.39, 0.29) is 0 Å². The lowest BCUT2D eigenvalue weighted by atomic mass is 10.0. The Morgan fingerprint density at radius 3 is 2.40 bits per heavy atom. The molecule has 0 radical (unpaired) electrons. The Kier molecular flexibility index (Phi) is 9.62. The van der Waals surface area contributed by atoms with Crippen LogP contribution in [-0.4, -0.2) is 29.7 Å². The molecular weight excluding hydrogens is 250 g/mol. The fourth-order valence-electron chi connectivity index (χ4n) is 2.15. The van der Waals surface area contributed by atoms with E-state index < -0.39 is 0 Å². The molecule has 0 spiro atoms. The van der Waals surface area contributed by atoms with E-state index in [1.807, 2.05) is 6.20 Å². The first kappa shape index (κ1) is 16.7. The SMILES string of the molecule is C1=NCCO1.CCCCCc1cn[nH]c1CCCCC. The van der Waals surface area contributed by atoms with Crippen molar-refractivity contribution in [2.75, 3.05) is 13.2 Å². The molecule has 0 unspecified atom stereocenters. The van der Waals surface area contributed by atoms with Crippen LogP contribution in [0.4, 0.5) is 0 Å². The van der Waals surface area contributed by atoms with Crippen LogP contribution < -0.4 is 0 Å². The van der Waals surface area contributed by atoms with Crippen molar-refractivity contribution in [2.24, 2.45) is 4.99 Å². The van der Waals surface area contributed by atoms with E-state index in [2.05, 4.69) is 33.8 Å². The number of nitrogens with one attached hydrogen (secondary N) is 1. The molecule has 4 heteroatoms. The first-order chi connectivity index (χ1) is 9.88. The Morgan fingerprint density at radius 2 is 1.85 bits per heavy atom. The van der Waals surface area contributed by atoms with Crippen molar-refractivity contribution in [1.82, 2.24) is 10.2 Å². The number of hydrogen-bond donors (Lipinski definition) is 1. The van der Waals surface area contributed by atoms with Gasteiger partial charge in [0.25, 0.3) is 0 Å². The predicted molar refractivity (Wildman–Crippen MR) is 84.4 cm³/mol. The van der Waals surface area contributed by atoms with Crippen LogP contribution in [0.25, 0.3) is 0 Å². The number of nitrogens with zero attached hydrogens (tertiary/aromatic N) is 2. The van der Waals surface area contributed by atoms with Crippen molar-refractivity contribution in [2.45, 2.75) is 65.2 Å². The summed E-state index contributed by atoms with van der Waals surface area (Å²) in [6.45, 7) is 6.12. The summed E-state index contributed by atoms with van der Waals surface area (Å²) >= 11 is 0. The third-order valence-corrected chi connectivity index (χ3v) is 3.37. The summed E-state index contributed by atoms with van der Waals surface area (Å²) in [5.74, 6) is 0. The van der Waals surface area contributed by atoms with Gasteiger partial charge in [0.15, 0.2) is 6.40 Å². The molecule has 0 bridgehead atoms. The first-order valence-electron chi connectivity index (χ1n) is 7.99. The van der Waals surface area contributed by atoms with Crippen LogP contribution in [0, 0.1) is 0 Å². The van der Waals surface area contributed by atoms with Crippen LogP contribution in [0.15, 0.2) is 11.2 Å². The number of aliphatic imine (C=N–C) groups is 1. The van der Waals surface area contributed by atoms with Gasteiger partial charge in [-0.2, -0.15) is 5.10 Å². The maximum atomic E-state index is 4.65. The summed E-state index contributed by atoms with van der Waals surface area (Å²) in [4.78, 5) is 3.74. The molecule has 1 aliphatic heterocycles. The topological polar surface area (TPSA) is 50.3 Å². The van der Waals surface area contributed by atoms with Crippen LogP contribution in [0.3, 0.4) is 0 Å². The number of unbranched alkanes of at least 4 members (excludes halogenated alkanes) is 4. The quantitative estimate of drug-likeness (QED) is 0.733. The van der Waals surface area contributed by atoms with Gasteiger partial charge in [0.05, 0.1) is 12.7 Å². The number of ether oxygens (including phenoxy) is 1. The maximum absolute atomic E-state index is 4.65. The second-order valence-electron chi connectivity index (χ2n) is 5.17. The second kappa shape index (κ2) is 11.5. The van der Waals surface area contributed by atoms with Crippen molar-refractivity contribution < 1.29 is 4.74 Å². The molecule has 0 saturated carbocycles. The van der Waals surface area contributed by atoms with E-state index in [0.717, 1.165) is 13.2 Å². The van der Waals surface area contributed by atoms with Crippen molar-refractivity contribution in [3.63, 3.8) is 0 Å². The summed E-state index contributed by atoms with van der Waals surface area (Å²) in [7, 11) is 0. The van der Waals surface area contributed by atoms with Crippen molar-refractivity contribution in [3.8, 4) is 0 Å². The third kappa shape index (κ3) is 7.31. The van der Waals surface area contributed by atoms with Gasteiger partial charge >= 0.3 is 0 Å². The van der Waals surface area contributed by atoms with Gasteiger partial charge in [-0.25, -0.2) is 0 Å². The van der Waals surface area contributed by atoms with Crippen LogP contribution in [0.2, 0.25) is 0 Å². The molecule has 0 aromatic carbocycles. The molecule has 1 aliphatic rings. The zero-order valence-corrected chi connectivity index (χ0v) is 13.0. The molecular formula is C16H29N3O. The van der Waals surface area contributed by atoms with Crippen molar-refractivity contribution in [1.29, 1.82) is 0 Å². The van der Waals surface area contributed by atoms with Gasteiger partial charge in [-0.15, -0.1) is 0 Å². The lowest BCUT2D eigenvalue weighted by molar-refractivity contribution is 0.361. The molecule has 1 aromatic rings. The summed E-state index contributed by atoms with van der Waals surface area (Å²) in [5.41, 5.74) is 2.82. The molecule has 2 rings (SSSR count). The average Bonchev–Trinajstić information content (AvgIpc) is 3.14. The molecule has 2 heterocycles. The molecule has 1 aromatic heterocycles. The van der Waals surface area contributed by atoms with Crippen LogP contribution >= 0.6 is 0 Å². The van der Waals surface area contributed by atoms with Gasteiger partial charge < -0.3 is 4.74 Å². The Bertz CT molecular complexity index is 330. The van der Waals surface area contributed by atoms with E-state index >= 15 is 0 Å². The molecule has 114 valence electrons. The number of hydrogen-bond acceptors (Lipinski definition) is 3. The highest BCUT2D eigenvalue weighted by atomic mass is 16.5. The molecule has 0 amide bonds. The van der Waals surface area contributed by atoms with Crippen molar-refractivity contribution in [3.05, 3.63) is 17.5 Å². The minimum atomic E-state index is 0.778. The van der Waals surface area contributed by atoms with Gasteiger partial charge in [0.2, 0.25) is 0 Å². The standard InChI is InChI=1S/C13H24N2.C3H5NO/c1-3-5-7-9-12-11-14-15-13(12)10-8-6-4-2;1-2-5-3-4-1/h11H,3-10H2,1-2H3,(H,14,15);3H,1-2H2. The number of rotatable bonds is 8. The van der Waals surface area contributed by atoms with Crippen LogP contribution in [0.5, 0.6) is 0 Å². The Morgan fingerprint density at radius 1 is 1.10 bits per heavy atom. The van der Waals surface area contributed by atoms with Gasteiger partial charge in [-0.1, -0.05) is 39.5 Å². The monoisotopic (exact) mass is 279 g/mol. The van der Waals surface area contributed by atoms with Gasteiger partial charge in [0.1, 0.15) is 6.61 Å². The third-order valence-electron chi connectivity index (χ3n) is 3.37. The van der Waals surface area contributed by atoms with Gasteiger partial charge in [0, 0.05) is 5.69 Å². The Hall–Kier alpha value is -1.32. The highest BCUT2D eigenvalue weighted by Crippen LogP contribution is 2.12. The van der Waals surface area contributed by atoms with E-state index in [9.17, 15) is 0 Å². The fourth-order valence-corrected chi connectivity index (χ4v) is 2.15. The zero-order chi connectivity index (χ0) is 14.5. The van der Waals surface area contributed by atoms with Crippen LogP contribution in [-0.2, 0) is 17.6 Å². The highest BCUT2D eigenvalue weighted by molar-refractivity contribution is 5.47. The number of aromatic nitrogens is 2. The Labute approximate surface area is 123 Å². The lowest BCUT2D eigenvalue weighted by Crippen LogP contribution is -1.93. The number of aromatic amines is 1. The maximum Gasteiger partial charge on any atom is 0.169 e. The molecule has 0 fully saturated rings. The van der Waals surface area contributed by atoms with Crippen LogP contribution in [0.1, 0.15) is 63.6 Å². The Balaban J connectivity index is 0.000000333. The van der Waals surface area contributed by atoms with E-state index in [1.165, 1.54) is 69.0 Å². The average molecular weight is 279 g/mol. The summed E-state index contributed by atoms with van der Waals surface area (Å²) in [5, 5.41) is 7.30. The van der Waals surface area contributed by atoms with E-state index in [0.29, 0.717) is 0 Å². The molecule has 20 heavy (non-hydrogen) atoms. The summed E-state index contributed by atoms with van der Waals surface area (Å²) < 4.78 is 4.65. The summed E-state index contributed by atoms with van der Waals surface area (Å²) in [6.07, 6.45) is 13.7. The fraction of sp³-hybridized carbons (Fsp3) is 0.750. The smallest absolute Gasteiger partial charge is 0.169 e.